The van der Waals surface area contributed by atoms with Gasteiger partial charge >= 0.3 is 5.97 Å². The topological polar surface area (TPSA) is 86.5 Å². The average Bonchev–Trinajstić information content (AvgIpc) is 2.87. The summed E-state index contributed by atoms with van der Waals surface area (Å²) in [6, 6.07) is 21.9. The van der Waals surface area contributed by atoms with Crippen LogP contribution in [0.5, 0.6) is 0 Å². The molecule has 0 atom stereocenters. The number of carbonyl (C=O) groups is 2. The number of pyridine rings is 1. The van der Waals surface area contributed by atoms with Crippen LogP contribution < -0.4 is 4.90 Å². The minimum absolute atomic E-state index is 0.228. The monoisotopic (exact) mass is 426 g/mol. The van der Waals surface area contributed by atoms with Gasteiger partial charge in [0.05, 0.1) is 17.2 Å². The van der Waals surface area contributed by atoms with Crippen molar-refractivity contribution in [2.75, 3.05) is 37.7 Å². The Hall–Kier alpha value is -4.18. The van der Waals surface area contributed by atoms with Gasteiger partial charge in [-0.1, -0.05) is 42.5 Å². The Labute approximate surface area is 186 Å². The van der Waals surface area contributed by atoms with Crippen LogP contribution in [-0.4, -0.2) is 54.5 Å². The third-order valence-corrected chi connectivity index (χ3v) is 5.42. The Morgan fingerprint density at radius 1 is 0.906 bits per heavy atom. The van der Waals surface area contributed by atoms with Gasteiger partial charge in [-0.05, 0) is 29.8 Å². The third kappa shape index (κ3) is 4.60. The van der Waals surface area contributed by atoms with Crippen LogP contribution in [0.2, 0.25) is 0 Å². The number of aromatic nitrogens is 1. The van der Waals surface area contributed by atoms with Gasteiger partial charge in [0.1, 0.15) is 5.82 Å². The molecule has 2 aromatic carbocycles. The fourth-order valence-corrected chi connectivity index (χ4v) is 3.73. The highest BCUT2D eigenvalue weighted by molar-refractivity contribution is 5.99. The fourth-order valence-electron chi connectivity index (χ4n) is 3.73. The second kappa shape index (κ2) is 9.75. The average molecular weight is 426 g/mol. The lowest BCUT2D eigenvalue weighted by Crippen LogP contribution is -2.50. The predicted molar refractivity (Wildman–Crippen MR) is 120 cm³/mol. The highest BCUT2D eigenvalue weighted by atomic mass is 16.5. The molecule has 4 rings (SSSR count). The smallest absolute Gasteiger partial charge is 0.339 e. The molecule has 0 unspecified atom stereocenters. The molecule has 7 heteroatoms. The molecule has 2 heterocycles. The van der Waals surface area contributed by atoms with E-state index >= 15 is 0 Å². The third-order valence-electron chi connectivity index (χ3n) is 5.42. The van der Waals surface area contributed by atoms with E-state index in [2.05, 4.69) is 16.0 Å². The number of hydrogen-bond acceptors (Lipinski definition) is 6. The zero-order valence-electron chi connectivity index (χ0n) is 17.5. The van der Waals surface area contributed by atoms with Gasteiger partial charge in [0.15, 0.2) is 6.61 Å². The van der Waals surface area contributed by atoms with Crippen LogP contribution in [0.25, 0.3) is 11.1 Å². The summed E-state index contributed by atoms with van der Waals surface area (Å²) in [4.78, 5) is 33.5. The van der Waals surface area contributed by atoms with Crippen molar-refractivity contribution in [1.29, 1.82) is 5.26 Å². The number of amides is 1. The summed E-state index contributed by atoms with van der Waals surface area (Å²) in [5.74, 6) is 0.0722. The normalized spacial score (nSPS) is 13.3. The standard InChI is InChI=1S/C25H22N4O3/c26-17-19-7-1-2-8-20(19)21-9-3-4-10-22(21)25(31)32-18-24(30)29-15-13-28(14-16-29)23-11-5-6-12-27-23/h1-12H,13-16,18H2. The van der Waals surface area contributed by atoms with Crippen LogP contribution in [0.1, 0.15) is 15.9 Å². The molecule has 0 spiro atoms. The fraction of sp³-hybridized carbons (Fsp3) is 0.200. The van der Waals surface area contributed by atoms with E-state index in [1.165, 1.54) is 0 Å². The van der Waals surface area contributed by atoms with Crippen LogP contribution in [0.3, 0.4) is 0 Å². The molecule has 1 aliphatic rings. The summed E-state index contributed by atoms with van der Waals surface area (Å²) in [6.07, 6.45) is 1.75. The van der Waals surface area contributed by atoms with E-state index < -0.39 is 5.97 Å². The number of anilines is 1. The first-order valence-electron chi connectivity index (χ1n) is 10.4. The summed E-state index contributed by atoms with van der Waals surface area (Å²) in [7, 11) is 0. The first-order valence-corrected chi connectivity index (χ1v) is 10.4. The van der Waals surface area contributed by atoms with Crippen molar-refractivity contribution >= 4 is 17.7 Å². The predicted octanol–water partition coefficient (Wildman–Crippen LogP) is 3.13. The summed E-state index contributed by atoms with van der Waals surface area (Å²) in [5.41, 5.74) is 2.04. The summed E-state index contributed by atoms with van der Waals surface area (Å²) in [5, 5.41) is 9.40. The van der Waals surface area contributed by atoms with E-state index in [1.807, 2.05) is 24.3 Å². The molecule has 0 radical (unpaired) electrons. The second-order valence-corrected chi connectivity index (χ2v) is 7.33. The maximum atomic E-state index is 12.8. The molecule has 1 fully saturated rings. The quantitative estimate of drug-likeness (QED) is 0.583. The highest BCUT2D eigenvalue weighted by Crippen LogP contribution is 2.27. The van der Waals surface area contributed by atoms with Crippen molar-refractivity contribution in [3.8, 4) is 17.2 Å². The van der Waals surface area contributed by atoms with E-state index in [9.17, 15) is 14.9 Å². The van der Waals surface area contributed by atoms with Crippen molar-refractivity contribution in [3.05, 3.63) is 84.1 Å². The van der Waals surface area contributed by atoms with Crippen LogP contribution >= 0.6 is 0 Å². The van der Waals surface area contributed by atoms with Crippen LogP contribution in [0.4, 0.5) is 5.82 Å². The molecule has 0 N–H and O–H groups in total. The molecule has 1 aliphatic heterocycles. The first kappa shape index (κ1) is 21.1. The van der Waals surface area contributed by atoms with Gasteiger partial charge in [-0.15, -0.1) is 0 Å². The molecule has 32 heavy (non-hydrogen) atoms. The molecule has 0 saturated carbocycles. The SMILES string of the molecule is N#Cc1ccccc1-c1ccccc1C(=O)OCC(=O)N1CCN(c2ccccn2)CC1. The second-order valence-electron chi connectivity index (χ2n) is 7.33. The van der Waals surface area contributed by atoms with Gasteiger partial charge in [-0.3, -0.25) is 4.79 Å². The van der Waals surface area contributed by atoms with Crippen molar-refractivity contribution in [2.45, 2.75) is 0 Å². The van der Waals surface area contributed by atoms with Gasteiger partial charge in [-0.2, -0.15) is 5.26 Å². The van der Waals surface area contributed by atoms with Gasteiger partial charge < -0.3 is 14.5 Å². The van der Waals surface area contributed by atoms with Gasteiger partial charge in [0.25, 0.3) is 5.91 Å². The number of ether oxygens (including phenoxy) is 1. The maximum Gasteiger partial charge on any atom is 0.339 e. The summed E-state index contributed by atoms with van der Waals surface area (Å²) in [6.45, 7) is 2.10. The molecule has 7 nitrogen and oxygen atoms in total. The molecule has 3 aromatic rings. The van der Waals surface area contributed by atoms with Crippen LogP contribution in [0.15, 0.2) is 72.9 Å². The highest BCUT2D eigenvalue weighted by Gasteiger charge is 2.23. The van der Waals surface area contributed by atoms with Crippen molar-refractivity contribution in [1.82, 2.24) is 9.88 Å². The number of nitriles is 1. The van der Waals surface area contributed by atoms with E-state index in [0.29, 0.717) is 48.4 Å². The molecule has 1 saturated heterocycles. The minimum Gasteiger partial charge on any atom is -0.452 e. The molecular weight excluding hydrogens is 404 g/mol. The molecule has 1 aromatic heterocycles. The summed E-state index contributed by atoms with van der Waals surface area (Å²) < 4.78 is 5.35. The largest absolute Gasteiger partial charge is 0.452 e. The van der Waals surface area contributed by atoms with Crippen LogP contribution in [-0.2, 0) is 9.53 Å². The lowest BCUT2D eigenvalue weighted by atomic mass is 9.96. The number of esters is 1. The Morgan fingerprint density at radius 3 is 2.31 bits per heavy atom. The zero-order chi connectivity index (χ0) is 22.3. The van der Waals surface area contributed by atoms with E-state index in [4.69, 9.17) is 4.74 Å². The Morgan fingerprint density at radius 2 is 1.59 bits per heavy atom. The van der Waals surface area contributed by atoms with Crippen molar-refractivity contribution in [3.63, 3.8) is 0 Å². The van der Waals surface area contributed by atoms with Crippen molar-refractivity contribution in [2.24, 2.45) is 0 Å². The number of piperazine rings is 1. The van der Waals surface area contributed by atoms with Gasteiger partial charge in [-0.25, -0.2) is 9.78 Å². The maximum absolute atomic E-state index is 12.8. The Balaban J connectivity index is 1.38. The first-order chi connectivity index (χ1) is 15.7. The Bertz CT molecular complexity index is 1150. The molecule has 0 aliphatic carbocycles. The number of benzene rings is 2. The molecular formula is C25H22N4O3. The zero-order valence-corrected chi connectivity index (χ0v) is 17.5. The number of hydrogen-bond donors (Lipinski definition) is 0. The van der Waals surface area contributed by atoms with Gasteiger partial charge in [0.2, 0.25) is 0 Å². The van der Waals surface area contributed by atoms with E-state index in [-0.39, 0.29) is 12.5 Å². The minimum atomic E-state index is -0.589. The van der Waals surface area contributed by atoms with E-state index in [0.717, 1.165) is 5.82 Å². The molecule has 160 valence electrons. The van der Waals surface area contributed by atoms with E-state index in [1.54, 1.807) is 53.6 Å². The lowest BCUT2D eigenvalue weighted by Gasteiger charge is -2.35. The number of carbonyl (C=O) groups excluding carboxylic acids is 2. The number of rotatable bonds is 5. The molecule has 0 bridgehead atoms. The lowest BCUT2D eigenvalue weighted by molar-refractivity contribution is -0.134. The number of nitrogens with zero attached hydrogens (tertiary/aromatic N) is 4. The summed E-state index contributed by atoms with van der Waals surface area (Å²) >= 11 is 0. The molecule has 1 amide bonds. The Kier molecular flexibility index (Phi) is 6.42. The van der Waals surface area contributed by atoms with Crippen molar-refractivity contribution < 1.29 is 14.3 Å². The van der Waals surface area contributed by atoms with Crippen LogP contribution in [0, 0.1) is 11.3 Å². The van der Waals surface area contributed by atoms with Gasteiger partial charge in [0, 0.05) is 37.9 Å².